The van der Waals surface area contributed by atoms with Crippen molar-refractivity contribution in [2.24, 2.45) is 5.92 Å². The number of amides is 2. The topological polar surface area (TPSA) is 62.7 Å². The third-order valence-corrected chi connectivity index (χ3v) is 9.68. The van der Waals surface area contributed by atoms with Crippen LogP contribution in [-0.4, -0.2) is 51.5 Å². The molecule has 2 heterocycles. The fourth-order valence-corrected chi connectivity index (χ4v) is 7.29. The van der Waals surface area contributed by atoms with E-state index >= 15 is 0 Å². The van der Waals surface area contributed by atoms with E-state index in [0.29, 0.717) is 6.54 Å². The Labute approximate surface area is 296 Å². The maximum Gasteiger partial charge on any atom is 0.417 e. The van der Waals surface area contributed by atoms with Gasteiger partial charge in [0.15, 0.2) is 0 Å². The van der Waals surface area contributed by atoms with Gasteiger partial charge in [-0.1, -0.05) is 131 Å². The van der Waals surface area contributed by atoms with Gasteiger partial charge >= 0.3 is 6.09 Å². The highest BCUT2D eigenvalue weighted by Crippen LogP contribution is 2.36. The summed E-state index contributed by atoms with van der Waals surface area (Å²) in [6.45, 7) is 10.1. The second-order valence-electron chi connectivity index (χ2n) is 14.5. The molecule has 0 spiro atoms. The van der Waals surface area contributed by atoms with Crippen LogP contribution in [-0.2, 0) is 22.5 Å². The van der Waals surface area contributed by atoms with Gasteiger partial charge < -0.3 is 4.74 Å². The normalized spacial score (nSPS) is 16.5. The van der Waals surface area contributed by atoms with E-state index in [1.165, 1.54) is 67.4 Å². The minimum Gasteiger partial charge on any atom is -0.441 e. The predicted octanol–water partition coefficient (Wildman–Crippen LogP) is 10.1. The third kappa shape index (κ3) is 12.3. The molecular weight excluding hydrogens is 606 g/mol. The number of hydrogen-bond donors (Lipinski definition) is 0. The van der Waals surface area contributed by atoms with E-state index in [0.717, 1.165) is 37.9 Å². The lowest BCUT2D eigenvalue weighted by molar-refractivity contribution is -0.132. The first-order chi connectivity index (χ1) is 23.8. The summed E-state index contributed by atoms with van der Waals surface area (Å²) in [5, 5.41) is 0. The molecule has 264 valence electrons. The van der Waals surface area contributed by atoms with Crippen molar-refractivity contribution in [2.75, 3.05) is 13.1 Å². The molecule has 1 aromatic heterocycles. The molecule has 0 saturated carbocycles. The number of cyclic esters (lactones) is 1. The first kappa shape index (κ1) is 38.0. The molecule has 2 aromatic carbocycles. The highest BCUT2D eigenvalue weighted by molar-refractivity contribution is 5.98. The molecule has 1 aliphatic heterocycles. The Balaban J connectivity index is 1.25. The summed E-state index contributed by atoms with van der Waals surface area (Å²) >= 11 is 0. The molecule has 2 amide bonds. The largest absolute Gasteiger partial charge is 0.441 e. The molecule has 6 nitrogen and oxygen atoms in total. The van der Waals surface area contributed by atoms with Gasteiger partial charge in [0, 0.05) is 25.5 Å². The van der Waals surface area contributed by atoms with Crippen LogP contribution < -0.4 is 0 Å². The molecule has 6 heteroatoms. The first-order valence-corrected chi connectivity index (χ1v) is 18.7. The molecule has 0 radical (unpaired) electrons. The molecule has 0 N–H and O–H groups in total. The van der Waals surface area contributed by atoms with E-state index in [9.17, 15) is 9.59 Å². The minimum absolute atomic E-state index is 0.0763. The van der Waals surface area contributed by atoms with Crippen molar-refractivity contribution in [1.82, 2.24) is 14.8 Å². The van der Waals surface area contributed by atoms with Crippen LogP contribution in [0.25, 0.3) is 0 Å². The highest BCUT2D eigenvalue weighted by Gasteiger charge is 2.53. The lowest BCUT2D eigenvalue weighted by Gasteiger charge is -2.34. The molecule has 0 aliphatic carbocycles. The number of hydrogen-bond acceptors (Lipinski definition) is 5. The SMILES string of the molecule is CC(C)[C@H]1N(C(=O)[C@H](CN(CCCCCCCCCC/C=C\CCc2cccnc2)Cc2ccccc2)c2ccccc2)C(=O)OC1(C)C. The summed E-state index contributed by atoms with van der Waals surface area (Å²) < 4.78 is 5.76. The van der Waals surface area contributed by atoms with Crippen molar-refractivity contribution in [1.29, 1.82) is 0 Å². The van der Waals surface area contributed by atoms with Gasteiger partial charge in [0.1, 0.15) is 5.60 Å². The van der Waals surface area contributed by atoms with Gasteiger partial charge in [-0.2, -0.15) is 0 Å². The Morgan fingerprint density at radius 3 is 2.10 bits per heavy atom. The van der Waals surface area contributed by atoms with Gasteiger partial charge in [-0.3, -0.25) is 14.7 Å². The molecule has 3 aromatic rings. The molecule has 0 bridgehead atoms. The Morgan fingerprint density at radius 2 is 1.45 bits per heavy atom. The fraction of sp³-hybridized carbons (Fsp3) is 0.512. The number of carbonyl (C=O) groups is 2. The number of pyridine rings is 1. The number of imide groups is 1. The van der Waals surface area contributed by atoms with Crippen molar-refractivity contribution in [3.8, 4) is 0 Å². The monoisotopic (exact) mass is 665 g/mol. The Hall–Kier alpha value is -3.77. The summed E-state index contributed by atoms with van der Waals surface area (Å²) in [6.07, 6.45) is 21.2. The van der Waals surface area contributed by atoms with Gasteiger partial charge in [-0.15, -0.1) is 0 Å². The second kappa shape index (κ2) is 20.0. The Kier molecular flexibility index (Phi) is 15.6. The van der Waals surface area contributed by atoms with Crippen molar-refractivity contribution in [3.63, 3.8) is 0 Å². The summed E-state index contributed by atoms with van der Waals surface area (Å²) in [7, 11) is 0. The van der Waals surface area contributed by atoms with Crippen LogP contribution in [0.15, 0.2) is 97.3 Å². The minimum atomic E-state index is -0.732. The van der Waals surface area contributed by atoms with E-state index in [4.69, 9.17) is 4.74 Å². The number of rotatable bonds is 21. The number of carbonyl (C=O) groups excluding carboxylic acids is 2. The predicted molar refractivity (Wildman–Crippen MR) is 200 cm³/mol. The first-order valence-electron chi connectivity index (χ1n) is 18.7. The molecule has 1 fully saturated rings. The number of unbranched alkanes of at least 4 members (excludes halogenated alkanes) is 8. The van der Waals surface area contributed by atoms with Gasteiger partial charge in [0.25, 0.3) is 0 Å². The van der Waals surface area contributed by atoms with E-state index in [1.54, 1.807) is 0 Å². The van der Waals surface area contributed by atoms with E-state index in [1.807, 2.05) is 68.7 Å². The molecule has 0 unspecified atom stereocenters. The van der Waals surface area contributed by atoms with Crippen LogP contribution in [0.5, 0.6) is 0 Å². The van der Waals surface area contributed by atoms with Gasteiger partial charge in [-0.25, -0.2) is 9.69 Å². The van der Waals surface area contributed by atoms with Gasteiger partial charge in [-0.05, 0) is 81.2 Å². The zero-order chi connectivity index (χ0) is 34.9. The van der Waals surface area contributed by atoms with Crippen molar-refractivity contribution in [2.45, 2.75) is 122 Å². The summed E-state index contributed by atoms with van der Waals surface area (Å²) in [5.41, 5.74) is 2.74. The number of benzene rings is 2. The maximum absolute atomic E-state index is 14.4. The highest BCUT2D eigenvalue weighted by atomic mass is 16.6. The quantitative estimate of drug-likeness (QED) is 0.0837. The smallest absolute Gasteiger partial charge is 0.417 e. The van der Waals surface area contributed by atoms with E-state index in [2.05, 4.69) is 66.2 Å². The van der Waals surface area contributed by atoms with Crippen LogP contribution in [0.4, 0.5) is 4.79 Å². The zero-order valence-corrected chi connectivity index (χ0v) is 30.4. The van der Waals surface area contributed by atoms with E-state index < -0.39 is 17.6 Å². The van der Waals surface area contributed by atoms with Gasteiger partial charge in [0.05, 0.1) is 12.0 Å². The Morgan fingerprint density at radius 1 is 0.837 bits per heavy atom. The summed E-state index contributed by atoms with van der Waals surface area (Å²) in [6, 6.07) is 24.3. The molecule has 49 heavy (non-hydrogen) atoms. The maximum atomic E-state index is 14.4. The second-order valence-corrected chi connectivity index (χ2v) is 14.5. The Bertz CT molecular complexity index is 1410. The molecule has 1 aliphatic rings. The number of aromatic nitrogens is 1. The molecule has 1 saturated heterocycles. The molecule has 2 atom stereocenters. The van der Waals surface area contributed by atoms with Crippen LogP contribution in [0.1, 0.15) is 115 Å². The van der Waals surface area contributed by atoms with Crippen LogP contribution in [0, 0.1) is 5.92 Å². The van der Waals surface area contributed by atoms with Crippen LogP contribution in [0.2, 0.25) is 0 Å². The van der Waals surface area contributed by atoms with Crippen molar-refractivity contribution >= 4 is 12.0 Å². The number of aryl methyl sites for hydroxylation is 1. The standard InChI is InChI=1S/C43H59N3O3/c1-35(2)40-43(3,4)49-42(48)46(40)41(47)39(38-28-20-16-21-29-38)34-45(33-37-25-18-15-19-26-37)31-22-14-12-10-8-6-5-7-9-11-13-17-24-36-27-23-30-44-32-36/h11,13,15-16,18-21,23,25-30,32,35,39-40H,5-10,12,14,17,22,24,31,33-34H2,1-4H3/b13-11-/t39-,40-/m1/s1. The van der Waals surface area contributed by atoms with Crippen molar-refractivity contribution in [3.05, 3.63) is 114 Å². The average molecular weight is 666 g/mol. The summed E-state index contributed by atoms with van der Waals surface area (Å²) in [4.78, 5) is 35.6. The lowest BCUT2D eigenvalue weighted by Crippen LogP contribution is -2.50. The molecular formula is C43H59N3O3. The third-order valence-electron chi connectivity index (χ3n) is 9.68. The van der Waals surface area contributed by atoms with E-state index in [-0.39, 0.29) is 17.9 Å². The van der Waals surface area contributed by atoms with Crippen molar-refractivity contribution < 1.29 is 14.3 Å². The number of nitrogens with zero attached hydrogens (tertiary/aromatic N) is 3. The number of allylic oxidation sites excluding steroid dienone is 2. The fourth-order valence-electron chi connectivity index (χ4n) is 7.29. The molecule has 4 rings (SSSR count). The number of ether oxygens (including phenoxy) is 1. The lowest BCUT2D eigenvalue weighted by atomic mass is 9.87. The van der Waals surface area contributed by atoms with Crippen LogP contribution >= 0.6 is 0 Å². The van der Waals surface area contributed by atoms with Gasteiger partial charge in [0.2, 0.25) is 5.91 Å². The average Bonchev–Trinajstić information content (AvgIpc) is 3.35. The van der Waals surface area contributed by atoms with Crippen LogP contribution in [0.3, 0.4) is 0 Å². The summed E-state index contributed by atoms with van der Waals surface area (Å²) in [5.74, 6) is -0.560. The zero-order valence-electron chi connectivity index (χ0n) is 30.4.